The van der Waals surface area contributed by atoms with Crippen LogP contribution in [-0.4, -0.2) is 136 Å². The highest BCUT2D eigenvalue weighted by molar-refractivity contribution is 8.02. The number of oxime groups is 1. The molecular weight excluding hydrogens is 750 g/mol. The highest BCUT2D eigenvalue weighted by atomic mass is 35.5. The summed E-state index contributed by atoms with van der Waals surface area (Å²) < 4.78 is 0. The number of nitrogens with zero attached hydrogens (tertiary/aromatic N) is 6. The van der Waals surface area contributed by atoms with Gasteiger partial charge < -0.3 is 46.9 Å². The number of nitrogens with one attached hydrogen (secondary N) is 1. The number of phenols is 2. The Morgan fingerprint density at radius 2 is 1.88 bits per heavy atom. The molecule has 4 heterocycles. The average molecular weight is 782 g/mol. The van der Waals surface area contributed by atoms with Crippen LogP contribution in [0.3, 0.4) is 0 Å². The fraction of sp³-hybridized carbons (Fsp3) is 0.414. The lowest BCUT2D eigenvalue weighted by Gasteiger charge is -2.40. The van der Waals surface area contributed by atoms with Crippen molar-refractivity contribution in [1.29, 1.82) is 0 Å². The molecule has 278 valence electrons. The number of carbonyl (C=O) groups is 6. The number of anilines is 1. The molecule has 1 aromatic carbocycles. The molecular formula is C29H32ClN9O11S2. The van der Waals surface area contributed by atoms with Gasteiger partial charge in [-0.15, -0.1) is 11.3 Å². The fourth-order valence-electron chi connectivity index (χ4n) is 5.38. The molecule has 0 radical (unpaired) electrons. The number of aromatic hydroxyl groups is 2. The second-order valence-corrected chi connectivity index (χ2v) is 14.7. The first kappa shape index (κ1) is 38.1. The van der Waals surface area contributed by atoms with Crippen LogP contribution in [0, 0.1) is 5.92 Å². The van der Waals surface area contributed by atoms with Gasteiger partial charge >= 0.3 is 18.0 Å². The van der Waals surface area contributed by atoms with Crippen molar-refractivity contribution in [2.24, 2.45) is 21.9 Å². The molecule has 3 aliphatic heterocycles. The number of urea groups is 1. The molecule has 20 nitrogen and oxygen atoms in total. The van der Waals surface area contributed by atoms with Gasteiger partial charge in [0.25, 0.3) is 5.91 Å². The number of ketones is 1. The number of carboxylic acids is 2. The molecule has 0 saturated carbocycles. The summed E-state index contributed by atoms with van der Waals surface area (Å²) in [6, 6.07) is 1.32. The number of thiazole rings is 1. The number of hydrogen-bond donors (Lipinski definition) is 7. The van der Waals surface area contributed by atoms with Crippen molar-refractivity contribution in [3.05, 3.63) is 33.8 Å². The van der Waals surface area contributed by atoms with Crippen molar-refractivity contribution in [2.75, 3.05) is 38.5 Å². The maximum absolute atomic E-state index is 13.8. The van der Waals surface area contributed by atoms with Crippen LogP contribution in [0.2, 0.25) is 5.02 Å². The minimum Gasteiger partial charge on any atom is -0.504 e. The molecule has 0 unspecified atom stereocenters. The summed E-state index contributed by atoms with van der Waals surface area (Å²) in [7, 11) is 0. The number of aliphatic carboxylic acids is 2. The molecule has 5 rings (SSSR count). The second-order valence-electron chi connectivity index (χ2n) is 12.1. The molecule has 4 amide bonds. The maximum atomic E-state index is 13.8. The molecule has 1 aromatic heterocycles. The van der Waals surface area contributed by atoms with E-state index >= 15 is 0 Å². The Kier molecular flexibility index (Phi) is 10.6. The number of fused-ring (bicyclic) bond motifs is 1. The van der Waals surface area contributed by atoms with Gasteiger partial charge in [0.15, 0.2) is 33.8 Å². The number of nitrogens with two attached hydrogens (primary N) is 2. The van der Waals surface area contributed by atoms with Crippen molar-refractivity contribution in [2.45, 2.75) is 36.1 Å². The van der Waals surface area contributed by atoms with E-state index in [1.807, 2.05) is 0 Å². The summed E-state index contributed by atoms with van der Waals surface area (Å²) in [6.07, 6.45) is -0.484. The van der Waals surface area contributed by atoms with Gasteiger partial charge in [-0.05, 0) is 26.0 Å². The lowest BCUT2D eigenvalue weighted by Crippen LogP contribution is -2.59. The van der Waals surface area contributed by atoms with Gasteiger partial charge in [-0.3, -0.25) is 19.3 Å². The Bertz CT molecular complexity index is 1920. The molecule has 9 N–H and O–H groups in total. The first-order valence-electron chi connectivity index (χ1n) is 15.3. The van der Waals surface area contributed by atoms with Crippen molar-refractivity contribution >= 4 is 86.8 Å². The third kappa shape index (κ3) is 6.88. The number of Topliss-reactive ketones (excluding diaryl/α,β-unsaturated/α-hetero) is 1. The van der Waals surface area contributed by atoms with Gasteiger partial charge in [0.1, 0.15) is 5.69 Å². The van der Waals surface area contributed by atoms with E-state index in [1.54, 1.807) is 0 Å². The predicted octanol–water partition coefficient (Wildman–Crippen LogP) is -0.138. The van der Waals surface area contributed by atoms with Gasteiger partial charge in [-0.25, -0.2) is 24.4 Å². The standard InChI is InChI=1S/C29H32ClN9O11S2/c1-28(2,24(45)46)50-36-19(14-10-51-26(32)34-14)16(41)9-13-22(44)37-11-29(25(47)48,52-23(13)37)38-7-8-39(27(38)49)35-18(21(43)33-6-5-31)12-3-4-15(40)20(42)17(12)30/h3-4,10,13,23,40,42H,5-9,11,31H2,1-2H3,(H2,32,34)(H,33,43)(H,45,46)(H,47,48)/b35-18-,36-19-/t13-,23-,29-/m1/s1. The summed E-state index contributed by atoms with van der Waals surface area (Å²) in [5, 5.41) is 51.3. The summed E-state index contributed by atoms with van der Waals surface area (Å²) in [4.78, 5) is 87.5. The van der Waals surface area contributed by atoms with E-state index in [4.69, 9.17) is 27.9 Å². The maximum Gasteiger partial charge on any atom is 0.350 e. The van der Waals surface area contributed by atoms with Crippen molar-refractivity contribution in [1.82, 2.24) is 25.1 Å². The van der Waals surface area contributed by atoms with Crippen LogP contribution in [0.25, 0.3) is 0 Å². The third-order valence-corrected chi connectivity index (χ3v) is 11.0. The van der Waals surface area contributed by atoms with Crippen molar-refractivity contribution in [3.8, 4) is 11.5 Å². The number of β-lactam (4-membered cyclic amide) rings is 1. The van der Waals surface area contributed by atoms with Crippen molar-refractivity contribution < 1.29 is 54.0 Å². The Hall–Kier alpha value is -5.19. The van der Waals surface area contributed by atoms with Crippen LogP contribution in [0.1, 0.15) is 31.5 Å². The molecule has 3 saturated heterocycles. The van der Waals surface area contributed by atoms with E-state index in [0.29, 0.717) is 0 Å². The fourth-order valence-corrected chi connectivity index (χ4v) is 7.87. The number of benzene rings is 1. The molecule has 3 atom stereocenters. The van der Waals surface area contributed by atoms with E-state index in [0.717, 1.165) is 39.1 Å². The van der Waals surface area contributed by atoms with Crippen LogP contribution in [-0.2, 0) is 28.8 Å². The number of hydrogen-bond acceptors (Lipinski definition) is 16. The molecule has 23 heteroatoms. The number of thioether (sulfide) groups is 1. The molecule has 2 aromatic rings. The van der Waals surface area contributed by atoms with E-state index in [9.17, 15) is 49.2 Å². The Morgan fingerprint density at radius 3 is 2.50 bits per heavy atom. The van der Waals surface area contributed by atoms with Gasteiger partial charge in [0, 0.05) is 37.0 Å². The smallest absolute Gasteiger partial charge is 0.350 e. The zero-order valence-corrected chi connectivity index (χ0v) is 29.7. The predicted molar refractivity (Wildman–Crippen MR) is 185 cm³/mol. The van der Waals surface area contributed by atoms with Crippen molar-refractivity contribution in [3.63, 3.8) is 0 Å². The van der Waals surface area contributed by atoms with Gasteiger partial charge in [-0.1, -0.05) is 28.5 Å². The second kappa shape index (κ2) is 14.4. The van der Waals surface area contributed by atoms with Crippen LogP contribution in [0.4, 0.5) is 9.93 Å². The number of rotatable bonds is 14. The van der Waals surface area contributed by atoms with Crippen LogP contribution >= 0.6 is 34.7 Å². The summed E-state index contributed by atoms with van der Waals surface area (Å²) >= 11 is 7.95. The van der Waals surface area contributed by atoms with Gasteiger partial charge in [-0.2, -0.15) is 5.10 Å². The normalized spacial score (nSPS) is 22.0. The Morgan fingerprint density at radius 1 is 1.17 bits per heavy atom. The summed E-state index contributed by atoms with van der Waals surface area (Å²) in [5.74, 6) is -7.36. The molecule has 0 spiro atoms. The number of halogens is 1. The SMILES string of the molecule is CC(C)(O/N=C(\C(=O)C[C@@H]1C(=O)N2C[C@@](C(=O)O)(N3CCN(/N=C(\C(=O)NCCN)c4ccc(O)c(O)c4Cl)C3=O)S[C@H]12)c1csc(N)n1)C(=O)O. The minimum absolute atomic E-state index is 0.00577. The Labute approximate surface area is 307 Å². The first-order valence-corrected chi connectivity index (χ1v) is 17.4. The summed E-state index contributed by atoms with van der Waals surface area (Å²) in [6.45, 7) is 1.63. The quantitative estimate of drug-likeness (QED) is 0.0568. The van der Waals surface area contributed by atoms with Crippen LogP contribution in [0.5, 0.6) is 11.5 Å². The number of phenolic OH excluding ortho intramolecular Hbond substituents is 2. The number of hydrazone groups is 1. The highest BCUT2D eigenvalue weighted by Crippen LogP contribution is 2.53. The highest BCUT2D eigenvalue weighted by Gasteiger charge is 2.66. The van der Waals surface area contributed by atoms with Gasteiger partial charge in [0.2, 0.25) is 16.4 Å². The minimum atomic E-state index is -2.02. The van der Waals surface area contributed by atoms with E-state index in [1.165, 1.54) is 30.2 Å². The summed E-state index contributed by atoms with van der Waals surface area (Å²) in [5.41, 5.74) is 8.38. The molecule has 52 heavy (non-hydrogen) atoms. The number of aromatic nitrogens is 1. The number of carbonyl (C=O) groups excluding carboxylic acids is 4. The molecule has 0 aliphatic carbocycles. The van der Waals surface area contributed by atoms with Crippen LogP contribution in [0.15, 0.2) is 27.8 Å². The average Bonchev–Trinajstić information content (AvgIpc) is 3.80. The third-order valence-electron chi connectivity index (χ3n) is 8.24. The lowest BCUT2D eigenvalue weighted by molar-refractivity contribution is -0.161. The molecule has 3 fully saturated rings. The zero-order valence-electron chi connectivity index (χ0n) is 27.3. The topological polar surface area (TPSA) is 304 Å². The number of amides is 4. The van der Waals surface area contributed by atoms with E-state index < -0.39 is 98.2 Å². The molecule has 3 aliphatic rings. The van der Waals surface area contributed by atoms with Gasteiger partial charge in [0.05, 0.1) is 29.4 Å². The number of carboxylic acid groups (broad SMARTS) is 2. The zero-order chi connectivity index (χ0) is 38.3. The molecule has 0 bridgehead atoms. The van der Waals surface area contributed by atoms with E-state index in [-0.39, 0.29) is 42.6 Å². The lowest BCUT2D eigenvalue weighted by atomic mass is 9.90. The van der Waals surface area contributed by atoms with Crippen LogP contribution < -0.4 is 16.8 Å². The number of nitrogen functional groups attached to an aromatic ring is 1. The Balaban J connectivity index is 1.39. The van der Waals surface area contributed by atoms with E-state index in [2.05, 4.69) is 20.6 Å². The monoisotopic (exact) mass is 781 g/mol. The largest absolute Gasteiger partial charge is 0.504 e. The first-order chi connectivity index (χ1) is 24.4.